The molecule has 3 nitrogen and oxygen atoms in total. The summed E-state index contributed by atoms with van der Waals surface area (Å²) in [6, 6.07) is 21.4. The molecule has 2 aromatic rings. The largest absolute Gasteiger partial charge is 0.261 e. The summed E-state index contributed by atoms with van der Waals surface area (Å²) >= 11 is 0. The highest BCUT2D eigenvalue weighted by atomic mass is 16.3. The fourth-order valence-electron chi connectivity index (χ4n) is 3.36. The Morgan fingerprint density at radius 1 is 0.857 bits per heavy atom. The third-order valence-electron chi connectivity index (χ3n) is 4.42. The van der Waals surface area contributed by atoms with Crippen molar-refractivity contribution in [3.8, 4) is 0 Å². The molecule has 3 heteroatoms. The van der Waals surface area contributed by atoms with Crippen molar-refractivity contribution < 1.29 is 0 Å². The van der Waals surface area contributed by atoms with Gasteiger partial charge in [0.05, 0.1) is 5.29 Å². The highest BCUT2D eigenvalue weighted by Gasteiger charge is 2.28. The minimum atomic E-state index is 0.404. The Bertz CT molecular complexity index is 523. The van der Waals surface area contributed by atoms with Crippen LogP contribution in [0.3, 0.4) is 0 Å². The van der Waals surface area contributed by atoms with Crippen molar-refractivity contribution in [1.82, 2.24) is 5.01 Å². The maximum Gasteiger partial charge on any atom is 0.0523 e. The molecule has 3 rings (SSSR count). The van der Waals surface area contributed by atoms with Gasteiger partial charge in [-0.3, -0.25) is 5.01 Å². The van der Waals surface area contributed by atoms with Crippen LogP contribution in [0.2, 0.25) is 0 Å². The quantitative estimate of drug-likeness (QED) is 0.786. The summed E-state index contributed by atoms with van der Waals surface area (Å²) in [6.45, 7) is 1.54. The van der Waals surface area contributed by atoms with Crippen LogP contribution < -0.4 is 0 Å². The Hall–Kier alpha value is -2.16. The topological polar surface area (TPSA) is 32.7 Å². The summed E-state index contributed by atoms with van der Waals surface area (Å²) < 4.78 is 0. The van der Waals surface area contributed by atoms with Gasteiger partial charge in [-0.05, 0) is 29.9 Å². The summed E-state index contributed by atoms with van der Waals surface area (Å²) in [5.41, 5.74) is 2.72. The van der Waals surface area contributed by atoms with Gasteiger partial charge in [-0.1, -0.05) is 60.7 Å². The number of nitrogens with zero attached hydrogens (tertiary/aromatic N) is 2. The number of hydrogen-bond acceptors (Lipinski definition) is 2. The molecule has 1 fully saturated rings. The minimum Gasteiger partial charge on any atom is -0.261 e. The van der Waals surface area contributed by atoms with Crippen molar-refractivity contribution in [2.24, 2.45) is 11.2 Å². The van der Waals surface area contributed by atoms with Crippen molar-refractivity contribution in [3.63, 3.8) is 0 Å². The molecule has 0 bridgehead atoms. The first-order chi connectivity index (χ1) is 10.4. The molecule has 1 heterocycles. The van der Waals surface area contributed by atoms with Gasteiger partial charge < -0.3 is 0 Å². The molecule has 2 aromatic carbocycles. The Morgan fingerprint density at radius 2 is 1.33 bits per heavy atom. The van der Waals surface area contributed by atoms with Crippen molar-refractivity contribution in [1.29, 1.82) is 0 Å². The van der Waals surface area contributed by atoms with Gasteiger partial charge in [0.15, 0.2) is 0 Å². The van der Waals surface area contributed by atoms with Crippen LogP contribution in [-0.2, 0) is 0 Å². The number of piperidine rings is 1. The van der Waals surface area contributed by atoms with Crippen LogP contribution in [0, 0.1) is 10.8 Å². The van der Waals surface area contributed by atoms with Crippen LogP contribution in [0.4, 0.5) is 0 Å². The van der Waals surface area contributed by atoms with Gasteiger partial charge in [0.2, 0.25) is 0 Å². The zero-order valence-electron chi connectivity index (χ0n) is 12.1. The van der Waals surface area contributed by atoms with E-state index in [-0.39, 0.29) is 0 Å². The van der Waals surface area contributed by atoms with Gasteiger partial charge in [-0.2, -0.15) is 0 Å². The maximum atomic E-state index is 10.7. The molecule has 0 aliphatic carbocycles. The highest BCUT2D eigenvalue weighted by Crippen LogP contribution is 2.37. The fraction of sp³-hybridized carbons (Fsp3) is 0.333. The lowest BCUT2D eigenvalue weighted by molar-refractivity contribution is 0.179. The normalized spacial score (nSPS) is 16.1. The summed E-state index contributed by atoms with van der Waals surface area (Å²) in [7, 11) is 0. The lowest BCUT2D eigenvalue weighted by Gasteiger charge is -2.34. The van der Waals surface area contributed by atoms with E-state index in [4.69, 9.17) is 0 Å². The molecule has 0 radical (unpaired) electrons. The van der Waals surface area contributed by atoms with Crippen LogP contribution >= 0.6 is 0 Å². The van der Waals surface area contributed by atoms with Crippen LogP contribution in [-0.4, -0.2) is 18.1 Å². The van der Waals surface area contributed by atoms with E-state index in [9.17, 15) is 4.91 Å². The van der Waals surface area contributed by atoms with Gasteiger partial charge in [0.25, 0.3) is 0 Å². The molecule has 0 amide bonds. The molecular weight excluding hydrogens is 260 g/mol. The molecule has 0 aromatic heterocycles. The summed E-state index contributed by atoms with van der Waals surface area (Å²) in [4.78, 5) is 10.7. The van der Waals surface area contributed by atoms with Crippen molar-refractivity contribution in [2.45, 2.75) is 18.8 Å². The third kappa shape index (κ3) is 3.13. The maximum absolute atomic E-state index is 10.7. The van der Waals surface area contributed by atoms with E-state index in [2.05, 4.69) is 65.9 Å². The first kappa shape index (κ1) is 13.8. The second-order valence-electron chi connectivity index (χ2n) is 5.67. The first-order valence-corrected chi connectivity index (χ1v) is 7.56. The average molecular weight is 280 g/mol. The molecule has 1 aliphatic rings. The van der Waals surface area contributed by atoms with Gasteiger partial charge in [-0.15, -0.1) is 4.91 Å². The predicted molar refractivity (Wildman–Crippen MR) is 84.8 cm³/mol. The van der Waals surface area contributed by atoms with Crippen LogP contribution in [0.1, 0.15) is 29.9 Å². The predicted octanol–water partition coefficient (Wildman–Crippen LogP) is 4.21. The summed E-state index contributed by atoms with van der Waals surface area (Å²) in [5.74, 6) is 0.967. The molecule has 108 valence electrons. The highest BCUT2D eigenvalue weighted by molar-refractivity contribution is 5.33. The molecule has 0 N–H and O–H groups in total. The van der Waals surface area contributed by atoms with E-state index in [1.165, 1.54) is 11.1 Å². The molecule has 1 saturated heterocycles. The SMILES string of the molecule is O=NN1CCC(C(c2ccccc2)c2ccccc2)CC1. The summed E-state index contributed by atoms with van der Waals surface area (Å²) in [6.07, 6.45) is 2.03. The molecule has 21 heavy (non-hydrogen) atoms. The van der Waals surface area contributed by atoms with Crippen molar-refractivity contribution in [3.05, 3.63) is 76.7 Å². The molecule has 0 atom stereocenters. The van der Waals surface area contributed by atoms with Crippen molar-refractivity contribution in [2.75, 3.05) is 13.1 Å². The number of hydrogen-bond donors (Lipinski definition) is 0. The standard InChI is InChI=1S/C18H20N2O/c21-19-20-13-11-17(12-14-20)18(15-7-3-1-4-8-15)16-9-5-2-6-10-16/h1-10,17-18H,11-14H2. The summed E-state index contributed by atoms with van der Waals surface area (Å²) in [5, 5.41) is 4.71. The number of rotatable bonds is 4. The lowest BCUT2D eigenvalue weighted by atomic mass is 9.76. The van der Waals surface area contributed by atoms with Gasteiger partial charge in [0, 0.05) is 19.0 Å². The second kappa shape index (κ2) is 6.53. The van der Waals surface area contributed by atoms with E-state index in [1.807, 2.05) is 0 Å². The molecule has 0 spiro atoms. The van der Waals surface area contributed by atoms with Crippen LogP contribution in [0.5, 0.6) is 0 Å². The van der Waals surface area contributed by atoms with E-state index < -0.39 is 0 Å². The fourth-order valence-corrected chi connectivity index (χ4v) is 3.36. The Balaban J connectivity index is 1.89. The van der Waals surface area contributed by atoms with E-state index in [1.54, 1.807) is 5.01 Å². The van der Waals surface area contributed by atoms with Gasteiger partial charge >= 0.3 is 0 Å². The van der Waals surface area contributed by atoms with Gasteiger partial charge in [-0.25, -0.2) is 0 Å². The monoisotopic (exact) mass is 280 g/mol. The molecule has 0 saturated carbocycles. The number of nitroso groups, excluding NO2 is 1. The van der Waals surface area contributed by atoms with E-state index in [0.717, 1.165) is 25.9 Å². The Kier molecular flexibility index (Phi) is 4.29. The lowest BCUT2D eigenvalue weighted by Crippen LogP contribution is -2.32. The Labute approximate surface area is 125 Å². The van der Waals surface area contributed by atoms with Crippen molar-refractivity contribution >= 4 is 0 Å². The van der Waals surface area contributed by atoms with E-state index in [0.29, 0.717) is 11.8 Å². The molecular formula is C18H20N2O. The zero-order chi connectivity index (χ0) is 14.5. The number of benzene rings is 2. The van der Waals surface area contributed by atoms with Crippen LogP contribution in [0.25, 0.3) is 0 Å². The third-order valence-corrected chi connectivity index (χ3v) is 4.42. The Morgan fingerprint density at radius 3 is 1.76 bits per heavy atom. The minimum absolute atomic E-state index is 0.404. The second-order valence-corrected chi connectivity index (χ2v) is 5.67. The smallest absolute Gasteiger partial charge is 0.0523 e. The average Bonchev–Trinajstić information content (AvgIpc) is 2.58. The van der Waals surface area contributed by atoms with Gasteiger partial charge in [0.1, 0.15) is 0 Å². The first-order valence-electron chi connectivity index (χ1n) is 7.56. The van der Waals surface area contributed by atoms with E-state index >= 15 is 0 Å². The molecule has 0 unspecified atom stereocenters. The van der Waals surface area contributed by atoms with Crippen LogP contribution in [0.15, 0.2) is 65.9 Å². The molecule has 1 aliphatic heterocycles. The zero-order valence-corrected chi connectivity index (χ0v) is 12.1.